The monoisotopic (exact) mass is 344 g/mol. The molecule has 0 atom stereocenters. The summed E-state index contributed by atoms with van der Waals surface area (Å²) in [5.74, 6) is 1.59. The summed E-state index contributed by atoms with van der Waals surface area (Å²) >= 11 is 0. The van der Waals surface area contributed by atoms with Crippen molar-refractivity contribution in [3.8, 4) is 0 Å². The van der Waals surface area contributed by atoms with Crippen molar-refractivity contribution in [3.63, 3.8) is 0 Å². The molecule has 0 bridgehead atoms. The molecule has 0 spiro atoms. The first kappa shape index (κ1) is 16.6. The summed E-state index contributed by atoms with van der Waals surface area (Å²) in [5.41, 5.74) is 6.95. The third-order valence-corrected chi connectivity index (χ3v) is 4.74. The van der Waals surface area contributed by atoms with Crippen LogP contribution < -0.4 is 10.6 Å². The Bertz CT molecular complexity index is 933. The quantitative estimate of drug-likeness (QED) is 0.660. The maximum Gasteiger partial charge on any atom is 0.229 e. The largest absolute Gasteiger partial charge is 0.340 e. The second-order valence-electron chi connectivity index (χ2n) is 7.02. The molecular formula is C22H24N4. The summed E-state index contributed by atoms with van der Waals surface area (Å²) in [7, 11) is 0. The number of hydrogen-bond donors (Lipinski definition) is 2. The molecule has 0 saturated heterocycles. The minimum atomic E-state index is 0.659. The summed E-state index contributed by atoms with van der Waals surface area (Å²) in [6.45, 7) is 4.19. The van der Waals surface area contributed by atoms with Gasteiger partial charge < -0.3 is 10.6 Å². The fourth-order valence-electron chi connectivity index (χ4n) is 3.46. The molecule has 1 aromatic heterocycles. The van der Waals surface area contributed by atoms with Crippen molar-refractivity contribution in [2.75, 3.05) is 10.6 Å². The highest BCUT2D eigenvalue weighted by Crippen LogP contribution is 2.30. The van der Waals surface area contributed by atoms with Crippen molar-refractivity contribution in [1.82, 2.24) is 9.97 Å². The Balaban J connectivity index is 1.69. The van der Waals surface area contributed by atoms with E-state index in [4.69, 9.17) is 9.97 Å². The Morgan fingerprint density at radius 3 is 2.12 bits per heavy atom. The van der Waals surface area contributed by atoms with Crippen LogP contribution in [0.4, 0.5) is 23.1 Å². The molecule has 1 heterocycles. The van der Waals surface area contributed by atoms with Gasteiger partial charge in [-0.2, -0.15) is 4.98 Å². The minimum absolute atomic E-state index is 0.659. The molecule has 1 aliphatic rings. The van der Waals surface area contributed by atoms with E-state index in [0.717, 1.165) is 35.7 Å². The maximum atomic E-state index is 4.80. The van der Waals surface area contributed by atoms with E-state index in [1.807, 2.05) is 12.1 Å². The first-order chi connectivity index (χ1) is 12.7. The molecule has 2 aromatic carbocycles. The van der Waals surface area contributed by atoms with E-state index in [1.165, 1.54) is 29.5 Å². The van der Waals surface area contributed by atoms with E-state index in [9.17, 15) is 0 Å². The SMILES string of the molecule is Cc1cccc(Nc2nc3c(c(Nc4cccc(C)c4)n2)CCCC3)c1. The van der Waals surface area contributed by atoms with Crippen molar-refractivity contribution < 1.29 is 0 Å². The standard InChI is InChI=1S/C22H24N4/c1-15-7-5-9-17(13-15)23-21-19-11-3-4-12-20(19)25-22(26-21)24-18-10-6-8-16(2)14-18/h5-10,13-14H,3-4,11-12H2,1-2H3,(H2,23,24,25,26). The Kier molecular flexibility index (Phi) is 4.57. The van der Waals surface area contributed by atoms with Gasteiger partial charge in [-0.25, -0.2) is 4.98 Å². The van der Waals surface area contributed by atoms with Crippen molar-refractivity contribution in [1.29, 1.82) is 0 Å². The number of hydrogen-bond acceptors (Lipinski definition) is 4. The molecule has 0 amide bonds. The molecular weight excluding hydrogens is 320 g/mol. The Labute approximate surface area is 154 Å². The molecule has 0 unspecified atom stereocenters. The van der Waals surface area contributed by atoms with E-state index in [2.05, 4.69) is 60.9 Å². The smallest absolute Gasteiger partial charge is 0.229 e. The van der Waals surface area contributed by atoms with E-state index in [1.54, 1.807) is 0 Å². The fourth-order valence-corrected chi connectivity index (χ4v) is 3.46. The molecule has 0 aliphatic heterocycles. The van der Waals surface area contributed by atoms with Gasteiger partial charge in [0.15, 0.2) is 0 Å². The third kappa shape index (κ3) is 3.69. The number of aryl methyl sites for hydroxylation is 3. The summed E-state index contributed by atoms with van der Waals surface area (Å²) in [4.78, 5) is 9.60. The van der Waals surface area contributed by atoms with Gasteiger partial charge in [0, 0.05) is 16.9 Å². The topological polar surface area (TPSA) is 49.8 Å². The highest BCUT2D eigenvalue weighted by Gasteiger charge is 2.18. The van der Waals surface area contributed by atoms with Gasteiger partial charge in [0.2, 0.25) is 5.95 Å². The third-order valence-electron chi connectivity index (χ3n) is 4.74. The van der Waals surface area contributed by atoms with Crippen LogP contribution in [0.25, 0.3) is 0 Å². The molecule has 4 heteroatoms. The predicted molar refractivity (Wildman–Crippen MR) is 108 cm³/mol. The molecule has 0 radical (unpaired) electrons. The van der Waals surface area contributed by atoms with E-state index in [0.29, 0.717) is 5.95 Å². The molecule has 4 nitrogen and oxygen atoms in total. The van der Waals surface area contributed by atoms with E-state index in [-0.39, 0.29) is 0 Å². The summed E-state index contributed by atoms with van der Waals surface area (Å²) < 4.78 is 0. The molecule has 132 valence electrons. The van der Waals surface area contributed by atoms with E-state index < -0.39 is 0 Å². The molecule has 0 fully saturated rings. The molecule has 26 heavy (non-hydrogen) atoms. The number of fused-ring (bicyclic) bond motifs is 1. The minimum Gasteiger partial charge on any atom is -0.340 e. The Morgan fingerprint density at radius 2 is 1.42 bits per heavy atom. The number of rotatable bonds is 4. The molecule has 4 rings (SSSR count). The van der Waals surface area contributed by atoms with Crippen LogP contribution in [0, 0.1) is 13.8 Å². The van der Waals surface area contributed by atoms with Gasteiger partial charge >= 0.3 is 0 Å². The predicted octanol–water partition coefficient (Wildman–Crippen LogP) is 5.46. The van der Waals surface area contributed by atoms with Gasteiger partial charge in [0.1, 0.15) is 5.82 Å². The van der Waals surface area contributed by atoms with Gasteiger partial charge in [0.05, 0.1) is 5.69 Å². The van der Waals surface area contributed by atoms with Gasteiger partial charge in [-0.3, -0.25) is 0 Å². The zero-order valence-electron chi connectivity index (χ0n) is 15.3. The number of benzene rings is 2. The van der Waals surface area contributed by atoms with Crippen LogP contribution in [-0.4, -0.2) is 9.97 Å². The summed E-state index contributed by atoms with van der Waals surface area (Å²) in [6.07, 6.45) is 4.44. The molecule has 1 aliphatic carbocycles. The molecule has 0 saturated carbocycles. The normalized spacial score (nSPS) is 13.2. The zero-order chi connectivity index (χ0) is 17.9. The number of nitrogens with one attached hydrogen (secondary N) is 2. The lowest BCUT2D eigenvalue weighted by Gasteiger charge is -2.20. The van der Waals surface area contributed by atoms with E-state index >= 15 is 0 Å². The summed E-state index contributed by atoms with van der Waals surface area (Å²) in [5, 5.41) is 6.89. The van der Waals surface area contributed by atoms with Crippen LogP contribution in [0.2, 0.25) is 0 Å². The zero-order valence-corrected chi connectivity index (χ0v) is 15.3. The van der Waals surface area contributed by atoms with Gasteiger partial charge in [-0.05, 0) is 74.9 Å². The molecule has 2 N–H and O–H groups in total. The average molecular weight is 344 g/mol. The second-order valence-corrected chi connectivity index (χ2v) is 7.02. The first-order valence-electron chi connectivity index (χ1n) is 9.24. The van der Waals surface area contributed by atoms with Crippen LogP contribution in [0.15, 0.2) is 48.5 Å². The Hall–Kier alpha value is -2.88. The van der Waals surface area contributed by atoms with Crippen LogP contribution in [0.5, 0.6) is 0 Å². The first-order valence-corrected chi connectivity index (χ1v) is 9.24. The van der Waals surface area contributed by atoms with Crippen molar-refractivity contribution >= 4 is 23.1 Å². The van der Waals surface area contributed by atoms with Gasteiger partial charge in [-0.15, -0.1) is 0 Å². The maximum absolute atomic E-state index is 4.80. The number of anilines is 4. The lowest BCUT2D eigenvalue weighted by atomic mass is 9.96. The average Bonchev–Trinajstić information content (AvgIpc) is 2.62. The van der Waals surface area contributed by atoms with Gasteiger partial charge in [0.25, 0.3) is 0 Å². The number of aromatic nitrogens is 2. The van der Waals surface area contributed by atoms with Crippen molar-refractivity contribution in [3.05, 3.63) is 70.9 Å². The van der Waals surface area contributed by atoms with Crippen molar-refractivity contribution in [2.45, 2.75) is 39.5 Å². The van der Waals surface area contributed by atoms with Crippen LogP contribution in [0.3, 0.4) is 0 Å². The Morgan fingerprint density at radius 1 is 0.769 bits per heavy atom. The van der Waals surface area contributed by atoms with Gasteiger partial charge in [-0.1, -0.05) is 24.3 Å². The second kappa shape index (κ2) is 7.16. The van der Waals surface area contributed by atoms with Crippen LogP contribution >= 0.6 is 0 Å². The molecule has 3 aromatic rings. The highest BCUT2D eigenvalue weighted by atomic mass is 15.1. The lowest BCUT2D eigenvalue weighted by molar-refractivity contribution is 0.666. The number of nitrogens with zero attached hydrogens (tertiary/aromatic N) is 2. The fraction of sp³-hybridized carbons (Fsp3) is 0.273. The highest BCUT2D eigenvalue weighted by molar-refractivity contribution is 5.64. The van der Waals surface area contributed by atoms with Crippen molar-refractivity contribution in [2.24, 2.45) is 0 Å². The van der Waals surface area contributed by atoms with Crippen LogP contribution in [-0.2, 0) is 12.8 Å². The lowest BCUT2D eigenvalue weighted by Crippen LogP contribution is -2.13. The summed E-state index contributed by atoms with van der Waals surface area (Å²) in [6, 6.07) is 16.7. The van der Waals surface area contributed by atoms with Crippen LogP contribution in [0.1, 0.15) is 35.2 Å².